The monoisotopic (exact) mass is 210 g/mol. The van der Waals surface area contributed by atoms with Crippen LogP contribution in [0, 0.1) is 0 Å². The van der Waals surface area contributed by atoms with E-state index in [1.165, 1.54) is 5.56 Å². The summed E-state index contributed by atoms with van der Waals surface area (Å²) < 4.78 is 11.1. The molecule has 78 valence electrons. The Morgan fingerprint density at radius 1 is 1.21 bits per heavy atom. The molecule has 1 rings (SSSR count). The summed E-state index contributed by atoms with van der Waals surface area (Å²) in [5.74, 6) is 0. The first-order valence-corrected chi connectivity index (χ1v) is 6.70. The van der Waals surface area contributed by atoms with Crippen molar-refractivity contribution in [3.05, 3.63) is 35.9 Å². The third-order valence-electron chi connectivity index (χ3n) is 1.93. The van der Waals surface area contributed by atoms with E-state index in [0.717, 1.165) is 6.04 Å². The van der Waals surface area contributed by atoms with Crippen LogP contribution in [0.15, 0.2) is 30.3 Å². The molecule has 2 nitrogen and oxygen atoms in total. The molecule has 0 saturated carbocycles. The summed E-state index contributed by atoms with van der Waals surface area (Å²) in [6, 6.07) is 11.3. The van der Waals surface area contributed by atoms with Gasteiger partial charge in [-0.3, -0.25) is 0 Å². The Labute approximate surface area is 87.7 Å². The van der Waals surface area contributed by atoms with Crippen molar-refractivity contribution in [2.75, 3.05) is 7.11 Å². The first kappa shape index (κ1) is 11.4. The van der Waals surface area contributed by atoms with Crippen LogP contribution in [0.4, 0.5) is 0 Å². The van der Waals surface area contributed by atoms with Crippen LogP contribution < -0.4 is 0 Å². The second kappa shape index (κ2) is 5.96. The number of rotatable bonds is 5. The molecule has 0 heterocycles. The molecule has 3 heteroatoms. The largest absolute Gasteiger partial charge is 0.400 e. The van der Waals surface area contributed by atoms with Gasteiger partial charge in [0.1, 0.15) is 0 Å². The summed E-state index contributed by atoms with van der Waals surface area (Å²) in [6.07, 6.45) is 0.260. The summed E-state index contributed by atoms with van der Waals surface area (Å²) >= 11 is 0. The molecule has 0 aliphatic heterocycles. The number of hydrogen-bond acceptors (Lipinski definition) is 2. The van der Waals surface area contributed by atoms with Crippen LogP contribution in [-0.2, 0) is 14.9 Å². The van der Waals surface area contributed by atoms with Crippen molar-refractivity contribution < 1.29 is 8.85 Å². The standard InChI is InChI=1S/C11H18O2Si/c1-10(2)13-14(12-3)9-11-7-5-4-6-8-11/h4-8,10,14H,9H2,1-3H3. The molecular weight excluding hydrogens is 192 g/mol. The second-order valence-corrected chi connectivity index (χ2v) is 5.55. The zero-order valence-corrected chi connectivity index (χ0v) is 10.2. The molecule has 1 atom stereocenters. The van der Waals surface area contributed by atoms with E-state index in [-0.39, 0.29) is 6.10 Å². The zero-order valence-electron chi connectivity index (χ0n) is 9.07. The van der Waals surface area contributed by atoms with Crippen molar-refractivity contribution in [1.82, 2.24) is 0 Å². The van der Waals surface area contributed by atoms with Crippen LogP contribution in [0.3, 0.4) is 0 Å². The summed E-state index contributed by atoms with van der Waals surface area (Å²) in [4.78, 5) is 0. The van der Waals surface area contributed by atoms with Crippen molar-refractivity contribution >= 4 is 9.28 Å². The van der Waals surface area contributed by atoms with Gasteiger partial charge in [0, 0.05) is 19.3 Å². The highest BCUT2D eigenvalue weighted by molar-refractivity contribution is 6.43. The van der Waals surface area contributed by atoms with Crippen LogP contribution in [0.1, 0.15) is 19.4 Å². The Kier molecular flexibility index (Phi) is 4.86. The van der Waals surface area contributed by atoms with Gasteiger partial charge in [0.25, 0.3) is 0 Å². The van der Waals surface area contributed by atoms with E-state index >= 15 is 0 Å². The molecule has 0 fully saturated rings. The normalized spacial score (nSPS) is 13.1. The first-order valence-electron chi connectivity index (χ1n) is 4.94. The lowest BCUT2D eigenvalue weighted by Gasteiger charge is -2.16. The van der Waals surface area contributed by atoms with Gasteiger partial charge in [-0.15, -0.1) is 0 Å². The molecule has 0 aliphatic rings. The molecule has 0 bridgehead atoms. The molecule has 1 aromatic carbocycles. The highest BCUT2D eigenvalue weighted by Crippen LogP contribution is 2.05. The predicted octanol–water partition coefficient (Wildman–Crippen LogP) is 2.06. The highest BCUT2D eigenvalue weighted by atomic mass is 28.3. The fraction of sp³-hybridized carbons (Fsp3) is 0.455. The van der Waals surface area contributed by atoms with Gasteiger partial charge < -0.3 is 8.85 Å². The Balaban J connectivity index is 2.48. The molecule has 0 saturated heterocycles. The summed E-state index contributed by atoms with van der Waals surface area (Å²) in [7, 11) is 0.241. The molecule has 0 spiro atoms. The van der Waals surface area contributed by atoms with Crippen LogP contribution in [0.2, 0.25) is 0 Å². The fourth-order valence-corrected chi connectivity index (χ4v) is 2.94. The number of benzene rings is 1. The van der Waals surface area contributed by atoms with E-state index in [0.29, 0.717) is 0 Å². The van der Waals surface area contributed by atoms with Gasteiger partial charge >= 0.3 is 9.28 Å². The predicted molar refractivity (Wildman–Crippen MR) is 60.5 cm³/mol. The van der Waals surface area contributed by atoms with Gasteiger partial charge in [0.15, 0.2) is 0 Å². The maximum absolute atomic E-state index is 5.72. The van der Waals surface area contributed by atoms with Crippen LogP contribution in [-0.4, -0.2) is 22.5 Å². The molecule has 0 radical (unpaired) electrons. The van der Waals surface area contributed by atoms with Crippen LogP contribution >= 0.6 is 0 Å². The lowest BCUT2D eigenvalue weighted by atomic mass is 10.2. The smallest absolute Gasteiger partial charge is 0.325 e. The van der Waals surface area contributed by atoms with E-state index in [1.807, 2.05) is 32.0 Å². The lowest BCUT2D eigenvalue weighted by molar-refractivity contribution is 0.178. The van der Waals surface area contributed by atoms with Crippen molar-refractivity contribution in [2.45, 2.75) is 26.0 Å². The highest BCUT2D eigenvalue weighted by Gasteiger charge is 2.13. The summed E-state index contributed by atoms with van der Waals surface area (Å²) in [5, 5.41) is 0. The molecular formula is C11H18O2Si. The third kappa shape index (κ3) is 4.04. The van der Waals surface area contributed by atoms with Crippen molar-refractivity contribution in [1.29, 1.82) is 0 Å². The molecule has 0 aliphatic carbocycles. The maximum Gasteiger partial charge on any atom is 0.325 e. The quantitative estimate of drug-likeness (QED) is 0.693. The maximum atomic E-state index is 5.72. The average Bonchev–Trinajstić information content (AvgIpc) is 2.17. The lowest BCUT2D eigenvalue weighted by Crippen LogP contribution is -2.27. The van der Waals surface area contributed by atoms with E-state index in [9.17, 15) is 0 Å². The van der Waals surface area contributed by atoms with Gasteiger partial charge in [-0.05, 0) is 19.4 Å². The third-order valence-corrected chi connectivity index (χ3v) is 4.11. The Hall–Kier alpha value is -0.643. The van der Waals surface area contributed by atoms with Gasteiger partial charge in [-0.25, -0.2) is 0 Å². The second-order valence-electron chi connectivity index (χ2n) is 3.54. The zero-order chi connectivity index (χ0) is 10.4. The van der Waals surface area contributed by atoms with E-state index in [4.69, 9.17) is 8.85 Å². The SMILES string of the molecule is CO[SiH](Cc1ccccc1)OC(C)C. The van der Waals surface area contributed by atoms with Crippen molar-refractivity contribution in [2.24, 2.45) is 0 Å². The summed E-state index contributed by atoms with van der Waals surface area (Å²) in [6.45, 7) is 4.09. The van der Waals surface area contributed by atoms with Gasteiger partial charge in [0.2, 0.25) is 0 Å². The summed E-state index contributed by atoms with van der Waals surface area (Å²) in [5.41, 5.74) is 1.30. The average molecular weight is 210 g/mol. The topological polar surface area (TPSA) is 18.5 Å². The Morgan fingerprint density at radius 2 is 1.86 bits per heavy atom. The van der Waals surface area contributed by atoms with Gasteiger partial charge in [-0.1, -0.05) is 30.3 Å². The minimum atomic E-state index is -1.50. The van der Waals surface area contributed by atoms with E-state index in [2.05, 4.69) is 12.1 Å². The van der Waals surface area contributed by atoms with Crippen molar-refractivity contribution in [3.8, 4) is 0 Å². The minimum absolute atomic E-state index is 0.260. The fourth-order valence-electron chi connectivity index (χ4n) is 1.30. The molecule has 0 aromatic heterocycles. The molecule has 1 unspecified atom stereocenters. The Bertz CT molecular complexity index is 249. The Morgan fingerprint density at radius 3 is 2.36 bits per heavy atom. The molecule has 1 aromatic rings. The molecule has 0 amide bonds. The van der Waals surface area contributed by atoms with E-state index in [1.54, 1.807) is 7.11 Å². The van der Waals surface area contributed by atoms with Crippen LogP contribution in [0.5, 0.6) is 0 Å². The molecule has 0 N–H and O–H groups in total. The molecule has 14 heavy (non-hydrogen) atoms. The number of hydrogen-bond donors (Lipinski definition) is 0. The van der Waals surface area contributed by atoms with Gasteiger partial charge in [-0.2, -0.15) is 0 Å². The first-order chi connectivity index (χ1) is 6.72. The van der Waals surface area contributed by atoms with Crippen LogP contribution in [0.25, 0.3) is 0 Å². The van der Waals surface area contributed by atoms with E-state index < -0.39 is 9.28 Å². The van der Waals surface area contributed by atoms with Gasteiger partial charge in [0.05, 0.1) is 0 Å². The van der Waals surface area contributed by atoms with Crippen molar-refractivity contribution in [3.63, 3.8) is 0 Å². The minimum Gasteiger partial charge on any atom is -0.400 e.